The Morgan fingerprint density at radius 2 is 1.95 bits per heavy atom. The van der Waals surface area contributed by atoms with Gasteiger partial charge < -0.3 is 14.8 Å². The van der Waals surface area contributed by atoms with Gasteiger partial charge in [-0.05, 0) is 30.3 Å². The van der Waals surface area contributed by atoms with Gasteiger partial charge >= 0.3 is 0 Å². The Labute approximate surface area is 122 Å². The van der Waals surface area contributed by atoms with Crippen LogP contribution in [-0.2, 0) is 4.79 Å². The summed E-state index contributed by atoms with van der Waals surface area (Å²) in [6.07, 6.45) is 0. The molecule has 0 aliphatic carbocycles. The van der Waals surface area contributed by atoms with Crippen molar-refractivity contribution >= 4 is 11.6 Å². The number of rotatable bonds is 5. The van der Waals surface area contributed by atoms with Gasteiger partial charge in [0, 0.05) is 5.69 Å². The summed E-state index contributed by atoms with van der Waals surface area (Å²) in [6.45, 7) is -0.142. The van der Waals surface area contributed by atoms with E-state index < -0.39 is 0 Å². The zero-order valence-corrected chi connectivity index (χ0v) is 11.5. The molecule has 106 valence electrons. The lowest BCUT2D eigenvalue weighted by atomic mass is 10.2. The molecule has 1 amide bonds. The zero-order valence-electron chi connectivity index (χ0n) is 11.5. The summed E-state index contributed by atoms with van der Waals surface area (Å²) in [5, 5.41) is 11.5. The number of methoxy groups -OCH3 is 1. The summed E-state index contributed by atoms with van der Waals surface area (Å²) < 4.78 is 10.5. The number of nitriles is 1. The van der Waals surface area contributed by atoms with Crippen molar-refractivity contribution in [2.45, 2.75) is 0 Å². The highest BCUT2D eigenvalue weighted by Crippen LogP contribution is 2.25. The van der Waals surface area contributed by atoms with Gasteiger partial charge in [-0.3, -0.25) is 4.79 Å². The van der Waals surface area contributed by atoms with Crippen LogP contribution < -0.4 is 14.8 Å². The molecule has 2 aromatic rings. The number of hydrogen-bond donors (Lipinski definition) is 1. The van der Waals surface area contributed by atoms with Gasteiger partial charge in [0.05, 0.1) is 18.7 Å². The van der Waals surface area contributed by atoms with Crippen LogP contribution in [0, 0.1) is 11.3 Å². The summed E-state index contributed by atoms with van der Waals surface area (Å²) in [5.74, 6) is 0.758. The highest BCUT2D eigenvalue weighted by atomic mass is 16.5. The quantitative estimate of drug-likeness (QED) is 0.915. The highest BCUT2D eigenvalue weighted by Gasteiger charge is 2.07. The molecule has 21 heavy (non-hydrogen) atoms. The Balaban J connectivity index is 1.94. The van der Waals surface area contributed by atoms with Crippen molar-refractivity contribution in [1.29, 1.82) is 5.26 Å². The highest BCUT2D eigenvalue weighted by molar-refractivity contribution is 5.92. The maximum atomic E-state index is 11.8. The molecule has 1 N–H and O–H groups in total. The van der Waals surface area contributed by atoms with E-state index in [0.717, 1.165) is 0 Å². The van der Waals surface area contributed by atoms with Crippen molar-refractivity contribution in [2.75, 3.05) is 19.0 Å². The number of benzene rings is 2. The van der Waals surface area contributed by atoms with Crippen molar-refractivity contribution in [3.63, 3.8) is 0 Å². The molecule has 2 rings (SSSR count). The molecule has 5 heteroatoms. The molecule has 0 radical (unpaired) electrons. The molecule has 0 bridgehead atoms. The fraction of sp³-hybridized carbons (Fsp3) is 0.125. The molecule has 0 heterocycles. The average Bonchev–Trinajstić information content (AvgIpc) is 2.53. The monoisotopic (exact) mass is 282 g/mol. The molecule has 0 fully saturated rings. The van der Waals surface area contributed by atoms with Gasteiger partial charge in [0.15, 0.2) is 18.1 Å². The Morgan fingerprint density at radius 1 is 1.19 bits per heavy atom. The van der Waals surface area contributed by atoms with Crippen molar-refractivity contribution in [3.8, 4) is 17.6 Å². The van der Waals surface area contributed by atoms with Crippen molar-refractivity contribution in [1.82, 2.24) is 0 Å². The van der Waals surface area contributed by atoms with Crippen LogP contribution in [0.1, 0.15) is 5.56 Å². The first-order valence-corrected chi connectivity index (χ1v) is 6.29. The number of nitrogens with one attached hydrogen (secondary N) is 1. The predicted octanol–water partition coefficient (Wildman–Crippen LogP) is 2.58. The van der Waals surface area contributed by atoms with Gasteiger partial charge in [0.2, 0.25) is 0 Å². The van der Waals surface area contributed by atoms with Crippen LogP contribution in [0.4, 0.5) is 5.69 Å². The minimum absolute atomic E-state index is 0.142. The minimum Gasteiger partial charge on any atom is -0.493 e. The smallest absolute Gasteiger partial charge is 0.262 e. The minimum atomic E-state index is -0.309. The second-order valence-electron chi connectivity index (χ2n) is 4.18. The van der Waals surface area contributed by atoms with Crippen LogP contribution in [0.15, 0.2) is 48.5 Å². The molecule has 0 aromatic heterocycles. The molecule has 5 nitrogen and oxygen atoms in total. The fourth-order valence-corrected chi connectivity index (χ4v) is 1.74. The second kappa shape index (κ2) is 6.96. The van der Waals surface area contributed by atoms with Crippen LogP contribution in [-0.4, -0.2) is 19.6 Å². The predicted molar refractivity (Wildman–Crippen MR) is 78.3 cm³/mol. The van der Waals surface area contributed by atoms with Gasteiger partial charge in [-0.25, -0.2) is 0 Å². The van der Waals surface area contributed by atoms with Gasteiger partial charge in [0.25, 0.3) is 5.91 Å². The summed E-state index contributed by atoms with van der Waals surface area (Å²) >= 11 is 0. The van der Waals surface area contributed by atoms with E-state index in [2.05, 4.69) is 5.32 Å². The summed E-state index contributed by atoms with van der Waals surface area (Å²) in [7, 11) is 1.54. The first-order chi connectivity index (χ1) is 10.2. The van der Waals surface area contributed by atoms with E-state index in [0.29, 0.717) is 22.7 Å². The lowest BCUT2D eigenvalue weighted by Gasteiger charge is -2.10. The zero-order chi connectivity index (χ0) is 15.1. The largest absolute Gasteiger partial charge is 0.493 e. The third-order valence-corrected chi connectivity index (χ3v) is 2.70. The van der Waals surface area contributed by atoms with E-state index in [4.69, 9.17) is 14.7 Å². The van der Waals surface area contributed by atoms with Gasteiger partial charge in [-0.2, -0.15) is 5.26 Å². The number of nitrogens with zero attached hydrogens (tertiary/aromatic N) is 1. The lowest BCUT2D eigenvalue weighted by Crippen LogP contribution is -2.20. The Hall–Kier alpha value is -3.00. The molecule has 0 aliphatic heterocycles. The summed E-state index contributed by atoms with van der Waals surface area (Å²) in [4.78, 5) is 11.8. The lowest BCUT2D eigenvalue weighted by molar-refractivity contribution is -0.118. The molecule has 0 saturated heterocycles. The molecule has 0 saturated carbocycles. The van der Waals surface area contributed by atoms with Gasteiger partial charge in [-0.15, -0.1) is 0 Å². The second-order valence-corrected chi connectivity index (χ2v) is 4.18. The maximum absolute atomic E-state index is 11.8. The van der Waals surface area contributed by atoms with Crippen LogP contribution in [0.2, 0.25) is 0 Å². The maximum Gasteiger partial charge on any atom is 0.262 e. The topological polar surface area (TPSA) is 71.3 Å². The molecule has 0 unspecified atom stereocenters. The summed E-state index contributed by atoms with van der Waals surface area (Å²) in [6, 6.07) is 15.8. The number of ether oxygens (including phenoxy) is 2. The van der Waals surface area contributed by atoms with Crippen LogP contribution in [0.5, 0.6) is 11.5 Å². The Bertz CT molecular complexity index is 677. The normalized spacial score (nSPS) is 9.52. The van der Waals surface area contributed by atoms with Gasteiger partial charge in [0.1, 0.15) is 0 Å². The standard InChI is InChI=1S/C16H14N2O3/c1-20-14-7-2-3-8-15(14)21-11-16(19)18-13-6-4-5-12(9-13)10-17/h2-9H,11H2,1H3,(H,18,19). The SMILES string of the molecule is COc1ccccc1OCC(=O)Nc1cccc(C#N)c1. The van der Waals surface area contributed by atoms with E-state index in [-0.39, 0.29) is 12.5 Å². The summed E-state index contributed by atoms with van der Waals surface area (Å²) in [5.41, 5.74) is 1.04. The van der Waals surface area contributed by atoms with Crippen molar-refractivity contribution in [2.24, 2.45) is 0 Å². The molecule has 0 spiro atoms. The molecular formula is C16H14N2O3. The van der Waals surface area contributed by atoms with Gasteiger partial charge in [-0.1, -0.05) is 18.2 Å². The molecule has 0 atom stereocenters. The van der Waals surface area contributed by atoms with E-state index in [1.54, 1.807) is 42.5 Å². The van der Waals surface area contributed by atoms with E-state index in [1.807, 2.05) is 12.1 Å². The molecular weight excluding hydrogens is 268 g/mol. The Morgan fingerprint density at radius 3 is 2.67 bits per heavy atom. The number of anilines is 1. The first-order valence-electron chi connectivity index (χ1n) is 6.29. The number of carbonyl (C=O) groups excluding carboxylic acids is 1. The van der Waals surface area contributed by atoms with E-state index in [9.17, 15) is 4.79 Å². The van der Waals surface area contributed by atoms with Crippen LogP contribution in [0.25, 0.3) is 0 Å². The van der Waals surface area contributed by atoms with Crippen molar-refractivity contribution < 1.29 is 14.3 Å². The van der Waals surface area contributed by atoms with Crippen LogP contribution in [0.3, 0.4) is 0 Å². The first kappa shape index (κ1) is 14.4. The fourth-order valence-electron chi connectivity index (χ4n) is 1.74. The molecule has 2 aromatic carbocycles. The van der Waals surface area contributed by atoms with E-state index in [1.165, 1.54) is 7.11 Å². The van der Waals surface area contributed by atoms with E-state index >= 15 is 0 Å². The molecule has 0 aliphatic rings. The Kier molecular flexibility index (Phi) is 4.78. The third kappa shape index (κ3) is 3.98. The number of para-hydroxylation sites is 2. The number of amides is 1. The van der Waals surface area contributed by atoms with Crippen molar-refractivity contribution in [3.05, 3.63) is 54.1 Å². The third-order valence-electron chi connectivity index (χ3n) is 2.70. The van der Waals surface area contributed by atoms with Crippen LogP contribution >= 0.6 is 0 Å². The number of hydrogen-bond acceptors (Lipinski definition) is 4. The average molecular weight is 282 g/mol. The number of carbonyl (C=O) groups is 1.